The van der Waals surface area contributed by atoms with Crippen molar-refractivity contribution < 1.29 is 13.2 Å². The second kappa shape index (κ2) is 11.2. The van der Waals surface area contributed by atoms with Gasteiger partial charge in [-0.3, -0.25) is 13.9 Å². The van der Waals surface area contributed by atoms with Crippen molar-refractivity contribution in [1.82, 2.24) is 14.1 Å². The van der Waals surface area contributed by atoms with Gasteiger partial charge in [-0.1, -0.05) is 36.4 Å². The number of nitrogens with zero attached hydrogens (tertiary/aromatic N) is 5. The minimum absolute atomic E-state index is 0.0961. The summed E-state index contributed by atoms with van der Waals surface area (Å²) < 4.78 is 37.2. The number of halogens is 2. The summed E-state index contributed by atoms with van der Waals surface area (Å²) in [6, 6.07) is 15.8. The maximum atomic E-state index is 14.7. The molecule has 0 amide bonds. The molecule has 0 saturated carbocycles. The minimum atomic E-state index is -0.767. The molecule has 11 heteroatoms. The van der Waals surface area contributed by atoms with Crippen molar-refractivity contribution in [2.45, 2.75) is 26.1 Å². The number of piperazine rings is 1. The van der Waals surface area contributed by atoms with Crippen molar-refractivity contribution in [1.29, 1.82) is 0 Å². The molecule has 42 heavy (non-hydrogen) atoms. The van der Waals surface area contributed by atoms with E-state index in [9.17, 15) is 18.4 Å². The quantitative estimate of drug-likeness (QED) is 0.316. The lowest BCUT2D eigenvalue weighted by atomic mass is 10.1. The summed E-state index contributed by atoms with van der Waals surface area (Å²) in [7, 11) is 0. The molecule has 0 bridgehead atoms. The van der Waals surface area contributed by atoms with Gasteiger partial charge in [0.25, 0.3) is 5.56 Å². The molecule has 0 spiro atoms. The van der Waals surface area contributed by atoms with E-state index in [1.165, 1.54) is 10.6 Å². The molecule has 1 saturated heterocycles. The Balaban J connectivity index is 1.39. The normalized spacial score (nSPS) is 14.5. The van der Waals surface area contributed by atoms with Crippen LogP contribution in [0.2, 0.25) is 0 Å². The molecule has 1 unspecified atom stereocenters. The maximum absolute atomic E-state index is 14.7. The van der Waals surface area contributed by atoms with Gasteiger partial charge in [-0.25, -0.2) is 18.6 Å². The number of rotatable bonds is 7. The number of pyridine rings is 1. The largest absolute Gasteiger partial charge is 0.464 e. The second-order valence-corrected chi connectivity index (χ2v) is 10.4. The topological polar surface area (TPSA) is 103 Å². The van der Waals surface area contributed by atoms with E-state index in [4.69, 9.17) is 10.2 Å². The fourth-order valence-electron chi connectivity index (χ4n) is 5.62. The van der Waals surface area contributed by atoms with Crippen LogP contribution in [-0.4, -0.2) is 40.3 Å². The zero-order valence-electron chi connectivity index (χ0n) is 23.0. The van der Waals surface area contributed by atoms with E-state index in [2.05, 4.69) is 9.88 Å². The molecule has 3 aromatic heterocycles. The molecule has 216 valence electrons. The SMILES string of the molecule is Cc1c(N2CCN(c3nccc4occc34)CC2)c(=O)n(CC(N)c2ccccc2)c(=O)n1Cc1c(F)cccc1F. The van der Waals surface area contributed by atoms with Crippen molar-refractivity contribution in [3.63, 3.8) is 0 Å². The van der Waals surface area contributed by atoms with Gasteiger partial charge < -0.3 is 20.0 Å². The van der Waals surface area contributed by atoms with Crippen molar-refractivity contribution >= 4 is 22.5 Å². The fourth-order valence-corrected chi connectivity index (χ4v) is 5.62. The fraction of sp³-hybridized carbons (Fsp3) is 0.258. The zero-order valence-corrected chi connectivity index (χ0v) is 23.0. The standard InChI is InChI=1S/C31H30F2N6O3/c1-20-28(36-13-15-37(16-14-36)29-22-11-17-42-27(22)10-12-35-29)30(40)39(19-26(34)21-6-3-2-4-7-21)31(41)38(20)18-23-24(32)8-5-9-25(23)33/h2-12,17,26H,13-16,18-19,34H2,1H3. The number of anilines is 2. The third kappa shape index (κ3) is 4.96. The summed E-state index contributed by atoms with van der Waals surface area (Å²) in [4.78, 5) is 36.3. The van der Waals surface area contributed by atoms with Crippen molar-refractivity contribution in [3.8, 4) is 0 Å². The third-order valence-electron chi connectivity index (χ3n) is 7.90. The van der Waals surface area contributed by atoms with Crippen LogP contribution < -0.4 is 26.8 Å². The van der Waals surface area contributed by atoms with E-state index in [0.29, 0.717) is 37.6 Å². The summed E-state index contributed by atoms with van der Waals surface area (Å²) in [5.41, 5.74) is 7.16. The maximum Gasteiger partial charge on any atom is 0.331 e. The number of benzene rings is 2. The average Bonchev–Trinajstić information content (AvgIpc) is 3.49. The molecule has 1 atom stereocenters. The Bertz CT molecular complexity index is 1840. The summed E-state index contributed by atoms with van der Waals surface area (Å²) in [5.74, 6) is -0.740. The van der Waals surface area contributed by atoms with Crippen molar-refractivity contribution in [3.05, 3.63) is 122 Å². The summed E-state index contributed by atoms with van der Waals surface area (Å²) in [6.07, 6.45) is 3.32. The Labute approximate surface area is 240 Å². The number of fused-ring (bicyclic) bond motifs is 1. The molecule has 4 heterocycles. The van der Waals surface area contributed by atoms with E-state index in [1.807, 2.05) is 47.4 Å². The Kier molecular flexibility index (Phi) is 7.34. The Morgan fingerprint density at radius 2 is 1.60 bits per heavy atom. The van der Waals surface area contributed by atoms with Gasteiger partial charge in [0.2, 0.25) is 0 Å². The number of hydrogen-bond donors (Lipinski definition) is 1. The predicted molar refractivity (Wildman–Crippen MR) is 157 cm³/mol. The molecule has 1 aliphatic heterocycles. The smallest absolute Gasteiger partial charge is 0.331 e. The molecule has 2 N–H and O–H groups in total. The minimum Gasteiger partial charge on any atom is -0.464 e. The van der Waals surface area contributed by atoms with Gasteiger partial charge in [-0.05, 0) is 36.8 Å². The lowest BCUT2D eigenvalue weighted by Gasteiger charge is -2.37. The number of furan rings is 1. The summed E-state index contributed by atoms with van der Waals surface area (Å²) in [6.45, 7) is 3.20. The molecule has 2 aromatic carbocycles. The molecule has 0 aliphatic carbocycles. The first-order chi connectivity index (χ1) is 20.3. The van der Waals surface area contributed by atoms with E-state index in [1.54, 1.807) is 19.4 Å². The molecule has 6 rings (SSSR count). The number of hydrogen-bond acceptors (Lipinski definition) is 7. The van der Waals surface area contributed by atoms with Crippen LogP contribution in [0.15, 0.2) is 87.1 Å². The van der Waals surface area contributed by atoms with Crippen LogP contribution in [-0.2, 0) is 13.1 Å². The average molecular weight is 573 g/mol. The van der Waals surface area contributed by atoms with Gasteiger partial charge in [-0.15, -0.1) is 0 Å². The van der Waals surface area contributed by atoms with Gasteiger partial charge in [-0.2, -0.15) is 0 Å². The molecule has 1 aliphatic rings. The molecule has 0 radical (unpaired) electrons. The van der Waals surface area contributed by atoms with Crippen LogP contribution in [0, 0.1) is 18.6 Å². The van der Waals surface area contributed by atoms with E-state index < -0.39 is 28.9 Å². The van der Waals surface area contributed by atoms with Crippen LogP contribution in [0.1, 0.15) is 22.9 Å². The van der Waals surface area contributed by atoms with E-state index >= 15 is 0 Å². The van der Waals surface area contributed by atoms with Crippen LogP contribution >= 0.6 is 0 Å². The molecule has 1 fully saturated rings. The first-order valence-electron chi connectivity index (χ1n) is 13.7. The number of aromatic nitrogens is 3. The Morgan fingerprint density at radius 3 is 2.31 bits per heavy atom. The molecule has 9 nitrogen and oxygen atoms in total. The highest BCUT2D eigenvalue weighted by molar-refractivity contribution is 5.88. The van der Waals surface area contributed by atoms with Gasteiger partial charge >= 0.3 is 5.69 Å². The van der Waals surface area contributed by atoms with Gasteiger partial charge in [0.05, 0.1) is 24.7 Å². The van der Waals surface area contributed by atoms with Crippen LogP contribution in [0.5, 0.6) is 0 Å². The highest BCUT2D eigenvalue weighted by Crippen LogP contribution is 2.27. The highest BCUT2D eigenvalue weighted by Gasteiger charge is 2.27. The van der Waals surface area contributed by atoms with Crippen molar-refractivity contribution in [2.75, 3.05) is 36.0 Å². The van der Waals surface area contributed by atoms with Gasteiger partial charge in [0.1, 0.15) is 28.7 Å². The molecular formula is C31H30F2N6O3. The zero-order chi connectivity index (χ0) is 29.4. The molecule has 5 aromatic rings. The van der Waals surface area contributed by atoms with Gasteiger partial charge in [0, 0.05) is 49.7 Å². The van der Waals surface area contributed by atoms with Crippen LogP contribution in [0.25, 0.3) is 11.0 Å². The van der Waals surface area contributed by atoms with Crippen LogP contribution in [0.4, 0.5) is 20.3 Å². The van der Waals surface area contributed by atoms with Crippen molar-refractivity contribution in [2.24, 2.45) is 5.73 Å². The van der Waals surface area contributed by atoms with E-state index in [0.717, 1.165) is 39.1 Å². The summed E-state index contributed by atoms with van der Waals surface area (Å²) >= 11 is 0. The second-order valence-electron chi connectivity index (χ2n) is 10.4. The lowest BCUT2D eigenvalue weighted by molar-refractivity contribution is 0.489. The monoisotopic (exact) mass is 572 g/mol. The lowest BCUT2D eigenvalue weighted by Crippen LogP contribution is -2.52. The Morgan fingerprint density at radius 1 is 0.905 bits per heavy atom. The first-order valence-corrected chi connectivity index (χ1v) is 13.7. The Hall–Kier alpha value is -4.77. The molecular weight excluding hydrogens is 542 g/mol. The first kappa shape index (κ1) is 27.4. The van der Waals surface area contributed by atoms with Gasteiger partial charge in [0.15, 0.2) is 0 Å². The predicted octanol–water partition coefficient (Wildman–Crippen LogP) is 3.81. The third-order valence-corrected chi connectivity index (χ3v) is 7.90. The van der Waals surface area contributed by atoms with E-state index in [-0.39, 0.29) is 18.7 Å². The highest BCUT2D eigenvalue weighted by atomic mass is 19.1. The number of nitrogens with two attached hydrogens (primary N) is 1. The van der Waals surface area contributed by atoms with Crippen LogP contribution in [0.3, 0.4) is 0 Å². The summed E-state index contributed by atoms with van der Waals surface area (Å²) in [5, 5.41) is 0.903.